The van der Waals surface area contributed by atoms with E-state index in [2.05, 4.69) is 10.6 Å². The molecule has 1 saturated heterocycles. The predicted molar refractivity (Wildman–Crippen MR) is 115 cm³/mol. The van der Waals surface area contributed by atoms with Crippen molar-refractivity contribution in [2.45, 2.75) is 19.0 Å². The Hall–Kier alpha value is -3.38. The number of hydrogen-bond acceptors (Lipinski definition) is 3. The van der Waals surface area contributed by atoms with E-state index in [4.69, 9.17) is 11.6 Å². The van der Waals surface area contributed by atoms with Crippen molar-refractivity contribution >= 4 is 40.2 Å². The van der Waals surface area contributed by atoms with Crippen molar-refractivity contribution in [3.63, 3.8) is 0 Å². The number of nitrogens with one attached hydrogen (secondary N) is 2. The molecule has 0 aromatic heterocycles. The van der Waals surface area contributed by atoms with E-state index in [1.54, 1.807) is 25.1 Å². The summed E-state index contributed by atoms with van der Waals surface area (Å²) in [6.45, 7) is 1.51. The minimum atomic E-state index is -1.25. The molecule has 1 atom stereocenters. The lowest BCUT2D eigenvalue weighted by molar-refractivity contribution is -0.134. The molecule has 2 N–H and O–H groups in total. The van der Waals surface area contributed by atoms with E-state index in [1.165, 1.54) is 0 Å². The van der Waals surface area contributed by atoms with Gasteiger partial charge in [-0.15, -0.1) is 0 Å². The van der Waals surface area contributed by atoms with Gasteiger partial charge in [0, 0.05) is 11.6 Å². The lowest BCUT2D eigenvalue weighted by atomic mass is 9.88. The van der Waals surface area contributed by atoms with E-state index in [1.807, 2.05) is 48.5 Å². The molecule has 30 heavy (non-hydrogen) atoms. The molecule has 0 bridgehead atoms. The first-order chi connectivity index (χ1) is 14.4. The Labute approximate surface area is 178 Å². The average molecular weight is 422 g/mol. The Kier molecular flexibility index (Phi) is 5.18. The Morgan fingerprint density at radius 2 is 1.73 bits per heavy atom. The van der Waals surface area contributed by atoms with Crippen LogP contribution in [0.2, 0.25) is 5.02 Å². The number of imide groups is 1. The minimum Gasteiger partial charge on any atom is -0.350 e. The molecule has 3 aromatic carbocycles. The molecule has 0 saturated carbocycles. The molecule has 0 unspecified atom stereocenters. The van der Waals surface area contributed by atoms with Gasteiger partial charge >= 0.3 is 6.03 Å². The fourth-order valence-electron chi connectivity index (χ4n) is 3.72. The third kappa shape index (κ3) is 3.50. The summed E-state index contributed by atoms with van der Waals surface area (Å²) in [5.41, 5.74) is 0.198. The van der Waals surface area contributed by atoms with Crippen molar-refractivity contribution in [3.05, 3.63) is 82.9 Å². The smallest absolute Gasteiger partial charge is 0.325 e. The van der Waals surface area contributed by atoms with E-state index < -0.39 is 23.4 Å². The second-order valence-electron chi connectivity index (χ2n) is 7.34. The van der Waals surface area contributed by atoms with Crippen molar-refractivity contribution in [2.24, 2.45) is 0 Å². The molecule has 4 amide bonds. The molecule has 0 spiro atoms. The normalized spacial score (nSPS) is 18.5. The maximum atomic E-state index is 13.2. The van der Waals surface area contributed by atoms with Crippen LogP contribution in [0.4, 0.5) is 4.79 Å². The van der Waals surface area contributed by atoms with Gasteiger partial charge in [-0.3, -0.25) is 14.5 Å². The molecule has 7 heteroatoms. The summed E-state index contributed by atoms with van der Waals surface area (Å²) in [5, 5.41) is 7.85. The number of hydrogen-bond donors (Lipinski definition) is 2. The van der Waals surface area contributed by atoms with Gasteiger partial charge in [-0.1, -0.05) is 72.3 Å². The van der Waals surface area contributed by atoms with E-state index in [0.29, 0.717) is 10.6 Å². The van der Waals surface area contributed by atoms with E-state index in [-0.39, 0.29) is 13.1 Å². The topological polar surface area (TPSA) is 78.5 Å². The number of benzene rings is 3. The summed E-state index contributed by atoms with van der Waals surface area (Å²) >= 11 is 6.10. The van der Waals surface area contributed by atoms with Crippen molar-refractivity contribution in [1.82, 2.24) is 15.5 Å². The van der Waals surface area contributed by atoms with E-state index in [9.17, 15) is 14.4 Å². The number of nitrogens with zero attached hydrogens (tertiary/aromatic N) is 1. The maximum Gasteiger partial charge on any atom is 0.325 e. The lowest BCUT2D eigenvalue weighted by Crippen LogP contribution is -2.43. The molecule has 1 aliphatic rings. The Morgan fingerprint density at radius 1 is 1.03 bits per heavy atom. The molecular weight excluding hydrogens is 402 g/mol. The second-order valence-corrected chi connectivity index (χ2v) is 7.75. The number of carbonyl (C=O) groups excluding carboxylic acids is 3. The molecule has 152 valence electrons. The molecule has 3 aromatic rings. The summed E-state index contributed by atoms with van der Waals surface area (Å²) in [5.74, 6) is -0.905. The first kappa shape index (κ1) is 19.9. The highest BCUT2D eigenvalue weighted by atomic mass is 35.5. The van der Waals surface area contributed by atoms with Gasteiger partial charge in [0.2, 0.25) is 5.91 Å². The first-order valence-electron chi connectivity index (χ1n) is 9.52. The number of urea groups is 1. The van der Waals surface area contributed by atoms with Crippen LogP contribution >= 0.6 is 11.6 Å². The van der Waals surface area contributed by atoms with Crippen LogP contribution in [0.1, 0.15) is 18.1 Å². The lowest BCUT2D eigenvalue weighted by Gasteiger charge is -2.24. The van der Waals surface area contributed by atoms with Gasteiger partial charge in [0.1, 0.15) is 12.1 Å². The van der Waals surface area contributed by atoms with Gasteiger partial charge < -0.3 is 10.6 Å². The largest absolute Gasteiger partial charge is 0.350 e. The zero-order valence-electron chi connectivity index (χ0n) is 16.3. The molecular formula is C23H20ClN3O3. The standard InChI is InChI=1S/C23H20ClN3O3/c1-23(18-11-6-9-15-7-2-4-10-17(15)18)21(29)27(22(30)26-23)14-20(28)25-13-16-8-3-5-12-19(16)24/h2-12H,13-14H2,1H3,(H,25,28)(H,26,30)/t23-/m0/s1. The predicted octanol–water partition coefficient (Wildman–Crippen LogP) is 3.58. The summed E-state index contributed by atoms with van der Waals surface area (Å²) < 4.78 is 0. The third-order valence-corrected chi connectivity index (χ3v) is 5.71. The number of fused-ring (bicyclic) bond motifs is 1. The van der Waals surface area contributed by atoms with E-state index in [0.717, 1.165) is 21.2 Å². The fraction of sp³-hybridized carbons (Fsp3) is 0.174. The molecule has 1 fully saturated rings. The van der Waals surface area contributed by atoms with Crippen LogP contribution < -0.4 is 10.6 Å². The van der Waals surface area contributed by atoms with Crippen molar-refractivity contribution < 1.29 is 14.4 Å². The van der Waals surface area contributed by atoms with E-state index >= 15 is 0 Å². The summed E-state index contributed by atoms with van der Waals surface area (Å²) in [6, 6.07) is 19.8. The van der Waals surface area contributed by atoms with Crippen LogP contribution in [0, 0.1) is 0 Å². The van der Waals surface area contributed by atoms with Crippen molar-refractivity contribution in [1.29, 1.82) is 0 Å². The van der Waals surface area contributed by atoms with Crippen molar-refractivity contribution in [3.8, 4) is 0 Å². The quantitative estimate of drug-likeness (QED) is 0.618. The van der Waals surface area contributed by atoms with Crippen LogP contribution in [0.25, 0.3) is 10.8 Å². The summed E-state index contributed by atoms with van der Waals surface area (Å²) in [7, 11) is 0. The second kappa shape index (κ2) is 7.80. The summed E-state index contributed by atoms with van der Waals surface area (Å²) in [6.07, 6.45) is 0. The van der Waals surface area contributed by atoms with Gasteiger partial charge in [-0.2, -0.15) is 0 Å². The van der Waals surface area contributed by atoms with Gasteiger partial charge in [0.15, 0.2) is 0 Å². The van der Waals surface area contributed by atoms with Crippen molar-refractivity contribution in [2.75, 3.05) is 6.54 Å². The van der Waals surface area contributed by atoms with Crippen LogP contribution in [-0.2, 0) is 21.7 Å². The Morgan fingerprint density at radius 3 is 2.53 bits per heavy atom. The molecule has 0 aliphatic carbocycles. The highest BCUT2D eigenvalue weighted by Crippen LogP contribution is 2.33. The van der Waals surface area contributed by atoms with Gasteiger partial charge in [-0.05, 0) is 34.9 Å². The molecule has 1 aliphatic heterocycles. The molecule has 1 heterocycles. The molecule has 0 radical (unpaired) electrons. The highest BCUT2D eigenvalue weighted by Gasteiger charge is 2.50. The van der Waals surface area contributed by atoms with Gasteiger partial charge in [-0.25, -0.2) is 4.79 Å². The van der Waals surface area contributed by atoms with Crippen LogP contribution in [-0.4, -0.2) is 29.3 Å². The Balaban J connectivity index is 1.52. The van der Waals surface area contributed by atoms with Gasteiger partial charge in [0.05, 0.1) is 0 Å². The minimum absolute atomic E-state index is 0.211. The zero-order chi connectivity index (χ0) is 21.3. The molecule has 6 nitrogen and oxygen atoms in total. The van der Waals surface area contributed by atoms with Crippen LogP contribution in [0.15, 0.2) is 66.7 Å². The van der Waals surface area contributed by atoms with Gasteiger partial charge in [0.25, 0.3) is 5.91 Å². The number of carbonyl (C=O) groups is 3. The first-order valence-corrected chi connectivity index (χ1v) is 9.90. The SMILES string of the molecule is C[C@@]1(c2cccc3ccccc23)NC(=O)N(CC(=O)NCc2ccccc2Cl)C1=O. The number of halogens is 1. The molecule has 4 rings (SSSR count). The highest BCUT2D eigenvalue weighted by molar-refractivity contribution is 6.31. The van der Waals surface area contributed by atoms with Crippen LogP contribution in [0.5, 0.6) is 0 Å². The third-order valence-electron chi connectivity index (χ3n) is 5.34. The Bertz CT molecular complexity index is 1160. The summed E-state index contributed by atoms with van der Waals surface area (Å²) in [4.78, 5) is 39.1. The zero-order valence-corrected chi connectivity index (χ0v) is 17.1. The average Bonchev–Trinajstić information content (AvgIpc) is 2.96. The van der Waals surface area contributed by atoms with Crippen LogP contribution in [0.3, 0.4) is 0 Å². The fourth-order valence-corrected chi connectivity index (χ4v) is 3.92. The monoisotopic (exact) mass is 421 g/mol. The number of rotatable bonds is 5. The maximum absolute atomic E-state index is 13.2. The number of amides is 4.